The van der Waals surface area contributed by atoms with Gasteiger partial charge in [-0.2, -0.15) is 0 Å². The lowest BCUT2D eigenvalue weighted by Gasteiger charge is -2.08. The Labute approximate surface area is 77.1 Å². The summed E-state index contributed by atoms with van der Waals surface area (Å²) in [5.74, 6) is 0. The Bertz CT molecular complexity index is 273. The van der Waals surface area contributed by atoms with Gasteiger partial charge in [0.15, 0.2) is 0 Å². The lowest BCUT2D eigenvalue weighted by molar-refractivity contribution is 0.714. The fraction of sp³-hybridized carbons (Fsp3) is 0.222. The number of hydrogen-bond donors (Lipinski definition) is 1. The van der Waals surface area contributed by atoms with Crippen LogP contribution in [0.3, 0.4) is 0 Å². The number of halogens is 1. The van der Waals surface area contributed by atoms with E-state index in [1.807, 2.05) is 0 Å². The Balaban J connectivity index is 2.86. The maximum absolute atomic E-state index is 5.88. The molecule has 64 valence electrons. The topological polar surface area (TPSA) is 38.9 Å². The highest BCUT2D eigenvalue weighted by atomic mass is 35.5. The Morgan fingerprint density at radius 1 is 1.75 bits per heavy atom. The van der Waals surface area contributed by atoms with E-state index in [-0.39, 0.29) is 6.04 Å². The van der Waals surface area contributed by atoms with E-state index in [2.05, 4.69) is 11.6 Å². The molecule has 1 aromatic heterocycles. The lowest BCUT2D eigenvalue weighted by atomic mass is 10.1. The van der Waals surface area contributed by atoms with Crippen molar-refractivity contribution in [2.45, 2.75) is 12.5 Å². The van der Waals surface area contributed by atoms with Gasteiger partial charge in [-0.25, -0.2) is 0 Å². The van der Waals surface area contributed by atoms with E-state index in [0.29, 0.717) is 11.4 Å². The number of aromatic nitrogens is 1. The molecule has 1 unspecified atom stereocenters. The second kappa shape index (κ2) is 4.24. The van der Waals surface area contributed by atoms with Crippen LogP contribution >= 0.6 is 11.6 Å². The van der Waals surface area contributed by atoms with E-state index in [0.717, 1.165) is 5.69 Å². The number of hydrogen-bond acceptors (Lipinski definition) is 2. The van der Waals surface area contributed by atoms with Crippen molar-refractivity contribution in [1.82, 2.24) is 4.98 Å². The van der Waals surface area contributed by atoms with Crippen LogP contribution in [0.25, 0.3) is 0 Å². The standard InChI is InChI=1S/C9H11ClN2/c1-2-4-8(11)9-7(10)5-3-6-12-9/h2-3,5-6,8H,1,4,11H2. The monoisotopic (exact) mass is 182 g/mol. The van der Waals surface area contributed by atoms with E-state index >= 15 is 0 Å². The van der Waals surface area contributed by atoms with Gasteiger partial charge in [0, 0.05) is 6.20 Å². The van der Waals surface area contributed by atoms with Crippen molar-refractivity contribution in [3.05, 3.63) is 41.7 Å². The van der Waals surface area contributed by atoms with Crippen LogP contribution in [-0.4, -0.2) is 4.98 Å². The zero-order chi connectivity index (χ0) is 8.97. The highest BCUT2D eigenvalue weighted by Crippen LogP contribution is 2.20. The van der Waals surface area contributed by atoms with Gasteiger partial charge in [-0.05, 0) is 18.6 Å². The van der Waals surface area contributed by atoms with Gasteiger partial charge in [0.1, 0.15) is 0 Å². The lowest BCUT2D eigenvalue weighted by Crippen LogP contribution is -2.11. The zero-order valence-corrected chi connectivity index (χ0v) is 7.46. The predicted octanol–water partition coefficient (Wildman–Crippen LogP) is 2.31. The van der Waals surface area contributed by atoms with Crippen molar-refractivity contribution < 1.29 is 0 Å². The number of rotatable bonds is 3. The third-order valence-corrected chi connectivity index (χ3v) is 1.88. The molecule has 3 heteroatoms. The quantitative estimate of drug-likeness (QED) is 0.729. The smallest absolute Gasteiger partial charge is 0.0759 e. The third kappa shape index (κ3) is 2.06. The third-order valence-electron chi connectivity index (χ3n) is 1.56. The largest absolute Gasteiger partial charge is 0.322 e. The van der Waals surface area contributed by atoms with Crippen molar-refractivity contribution in [1.29, 1.82) is 0 Å². The molecule has 0 aromatic carbocycles. The molecule has 0 aliphatic rings. The molecule has 1 heterocycles. The van der Waals surface area contributed by atoms with Gasteiger partial charge in [0.05, 0.1) is 16.8 Å². The molecule has 0 saturated heterocycles. The Kier molecular flexibility index (Phi) is 3.26. The predicted molar refractivity (Wildman–Crippen MR) is 51.0 cm³/mol. The molecule has 0 bridgehead atoms. The van der Waals surface area contributed by atoms with Crippen molar-refractivity contribution >= 4 is 11.6 Å². The second-order valence-corrected chi connectivity index (χ2v) is 2.91. The summed E-state index contributed by atoms with van der Waals surface area (Å²) >= 11 is 5.88. The summed E-state index contributed by atoms with van der Waals surface area (Å²) < 4.78 is 0. The molecule has 0 saturated carbocycles. The van der Waals surface area contributed by atoms with Crippen LogP contribution in [0, 0.1) is 0 Å². The molecule has 0 aliphatic heterocycles. The molecule has 0 fully saturated rings. The van der Waals surface area contributed by atoms with Gasteiger partial charge in [-0.1, -0.05) is 17.7 Å². The minimum absolute atomic E-state index is 0.142. The summed E-state index contributed by atoms with van der Waals surface area (Å²) in [6.07, 6.45) is 4.14. The maximum atomic E-state index is 5.88. The Morgan fingerprint density at radius 2 is 2.50 bits per heavy atom. The molecule has 1 aromatic rings. The van der Waals surface area contributed by atoms with Gasteiger partial charge >= 0.3 is 0 Å². The minimum Gasteiger partial charge on any atom is -0.322 e. The van der Waals surface area contributed by atoms with Crippen LogP contribution in [0.2, 0.25) is 5.02 Å². The number of nitrogens with two attached hydrogens (primary N) is 1. The first-order valence-electron chi connectivity index (χ1n) is 3.72. The van der Waals surface area contributed by atoms with Crippen molar-refractivity contribution in [3.8, 4) is 0 Å². The maximum Gasteiger partial charge on any atom is 0.0759 e. The molecule has 0 amide bonds. The van der Waals surface area contributed by atoms with Crippen LogP contribution in [0.15, 0.2) is 31.0 Å². The summed E-state index contributed by atoms with van der Waals surface area (Å²) in [5, 5.41) is 0.617. The molecule has 0 spiro atoms. The second-order valence-electron chi connectivity index (χ2n) is 2.50. The summed E-state index contributed by atoms with van der Waals surface area (Å²) in [6.45, 7) is 3.60. The molecule has 2 nitrogen and oxygen atoms in total. The van der Waals surface area contributed by atoms with Crippen molar-refractivity contribution in [2.75, 3.05) is 0 Å². The van der Waals surface area contributed by atoms with Gasteiger partial charge in [-0.3, -0.25) is 4.98 Å². The van der Waals surface area contributed by atoms with Crippen LogP contribution < -0.4 is 5.73 Å². The first kappa shape index (κ1) is 9.23. The van der Waals surface area contributed by atoms with Gasteiger partial charge in [-0.15, -0.1) is 6.58 Å². The molecule has 0 radical (unpaired) electrons. The summed E-state index contributed by atoms with van der Waals surface area (Å²) in [5.41, 5.74) is 6.52. The summed E-state index contributed by atoms with van der Waals surface area (Å²) in [6, 6.07) is 3.43. The van der Waals surface area contributed by atoms with Crippen LogP contribution in [-0.2, 0) is 0 Å². The summed E-state index contributed by atoms with van der Waals surface area (Å²) in [4.78, 5) is 4.09. The zero-order valence-electron chi connectivity index (χ0n) is 6.70. The van der Waals surface area contributed by atoms with Gasteiger partial charge < -0.3 is 5.73 Å². The molecule has 12 heavy (non-hydrogen) atoms. The molecule has 1 atom stereocenters. The average molecular weight is 183 g/mol. The SMILES string of the molecule is C=CCC(N)c1ncccc1Cl. The molecule has 0 aliphatic carbocycles. The fourth-order valence-electron chi connectivity index (χ4n) is 0.962. The van der Waals surface area contributed by atoms with E-state index in [1.54, 1.807) is 24.4 Å². The molecule has 1 rings (SSSR count). The van der Waals surface area contributed by atoms with Gasteiger partial charge in [0.2, 0.25) is 0 Å². The number of pyridine rings is 1. The van der Waals surface area contributed by atoms with Crippen LogP contribution in [0.5, 0.6) is 0 Å². The van der Waals surface area contributed by atoms with Crippen LogP contribution in [0.4, 0.5) is 0 Å². The highest BCUT2D eigenvalue weighted by Gasteiger charge is 2.08. The first-order valence-corrected chi connectivity index (χ1v) is 4.10. The highest BCUT2D eigenvalue weighted by molar-refractivity contribution is 6.31. The molecular weight excluding hydrogens is 172 g/mol. The fourth-order valence-corrected chi connectivity index (χ4v) is 1.22. The van der Waals surface area contributed by atoms with Crippen LogP contribution in [0.1, 0.15) is 18.2 Å². The summed E-state index contributed by atoms with van der Waals surface area (Å²) in [7, 11) is 0. The van der Waals surface area contributed by atoms with Crippen molar-refractivity contribution in [2.24, 2.45) is 5.73 Å². The minimum atomic E-state index is -0.142. The molecule has 2 N–H and O–H groups in total. The van der Waals surface area contributed by atoms with Crippen molar-refractivity contribution in [3.63, 3.8) is 0 Å². The van der Waals surface area contributed by atoms with E-state index < -0.39 is 0 Å². The molecular formula is C9H11ClN2. The average Bonchev–Trinajstić information content (AvgIpc) is 2.05. The Morgan fingerprint density at radius 3 is 3.08 bits per heavy atom. The number of nitrogens with zero attached hydrogens (tertiary/aromatic N) is 1. The normalized spacial score (nSPS) is 12.5. The van der Waals surface area contributed by atoms with Gasteiger partial charge in [0.25, 0.3) is 0 Å². The first-order chi connectivity index (χ1) is 5.75. The Hall–Kier alpha value is -0.860. The van der Waals surface area contributed by atoms with E-state index in [4.69, 9.17) is 17.3 Å². The van der Waals surface area contributed by atoms with E-state index in [9.17, 15) is 0 Å². The van der Waals surface area contributed by atoms with E-state index in [1.165, 1.54) is 0 Å².